The first-order valence-corrected chi connectivity index (χ1v) is 6.91. The van der Waals surface area contributed by atoms with Gasteiger partial charge in [-0.3, -0.25) is 10.0 Å². The molecule has 107 valence electrons. The Bertz CT molecular complexity index is 752. The number of hydrogen-bond acceptors (Lipinski definition) is 2. The van der Waals surface area contributed by atoms with E-state index in [0.29, 0.717) is 16.3 Å². The average molecular weight is 288 g/mol. The van der Waals surface area contributed by atoms with Gasteiger partial charge in [0.15, 0.2) is 0 Å². The van der Waals surface area contributed by atoms with Crippen LogP contribution in [0.25, 0.3) is 11.1 Å². The molecule has 3 heteroatoms. The fraction of sp³-hybridized carbons (Fsp3) is 0. The van der Waals surface area contributed by atoms with Gasteiger partial charge in [0.2, 0.25) is 0 Å². The molecule has 0 fully saturated rings. The molecular formula is C19H14NO2. The SMILES string of the molecule is O=C(c1c[c]c(-c2ccccc2)cc1)N(O)c1ccccc1. The van der Waals surface area contributed by atoms with Crippen molar-refractivity contribution in [2.24, 2.45) is 0 Å². The highest BCUT2D eigenvalue weighted by Crippen LogP contribution is 2.20. The Hall–Kier alpha value is -2.91. The molecule has 0 aromatic heterocycles. The van der Waals surface area contributed by atoms with E-state index in [0.717, 1.165) is 11.1 Å². The Kier molecular flexibility index (Phi) is 3.99. The molecule has 0 saturated carbocycles. The number of carbonyl (C=O) groups is 1. The first kappa shape index (κ1) is 14.0. The van der Waals surface area contributed by atoms with Crippen LogP contribution in [0, 0.1) is 6.07 Å². The number of nitrogens with zero attached hydrogens (tertiary/aromatic N) is 1. The predicted molar refractivity (Wildman–Crippen MR) is 85.8 cm³/mol. The van der Waals surface area contributed by atoms with Crippen LogP contribution < -0.4 is 5.06 Å². The summed E-state index contributed by atoms with van der Waals surface area (Å²) in [6, 6.07) is 26.7. The van der Waals surface area contributed by atoms with Gasteiger partial charge in [-0.2, -0.15) is 5.06 Å². The van der Waals surface area contributed by atoms with Crippen molar-refractivity contribution in [3.8, 4) is 11.1 Å². The highest BCUT2D eigenvalue weighted by atomic mass is 16.5. The molecule has 0 aliphatic heterocycles. The minimum Gasteiger partial charge on any atom is -0.281 e. The second-order valence-corrected chi connectivity index (χ2v) is 4.81. The lowest BCUT2D eigenvalue weighted by molar-refractivity contribution is 0.0855. The molecule has 0 spiro atoms. The fourth-order valence-electron chi connectivity index (χ4n) is 2.16. The van der Waals surface area contributed by atoms with Crippen LogP contribution in [0.15, 0.2) is 78.9 Å². The number of rotatable bonds is 3. The maximum absolute atomic E-state index is 12.2. The lowest BCUT2D eigenvalue weighted by Gasteiger charge is -2.15. The van der Waals surface area contributed by atoms with Crippen molar-refractivity contribution in [3.05, 3.63) is 90.5 Å². The number of para-hydroxylation sites is 1. The summed E-state index contributed by atoms with van der Waals surface area (Å²) in [6.45, 7) is 0. The van der Waals surface area contributed by atoms with Gasteiger partial charge in [-0.05, 0) is 41.5 Å². The highest BCUT2D eigenvalue weighted by Gasteiger charge is 2.15. The van der Waals surface area contributed by atoms with Crippen LogP contribution in [0.5, 0.6) is 0 Å². The molecule has 0 saturated heterocycles. The number of carbonyl (C=O) groups excluding carboxylic acids is 1. The van der Waals surface area contributed by atoms with Gasteiger partial charge < -0.3 is 0 Å². The second-order valence-electron chi connectivity index (χ2n) is 4.81. The normalized spacial score (nSPS) is 10.2. The van der Waals surface area contributed by atoms with Crippen LogP contribution in [-0.4, -0.2) is 11.1 Å². The third kappa shape index (κ3) is 2.90. The monoisotopic (exact) mass is 288 g/mol. The smallest absolute Gasteiger partial charge is 0.281 e. The Morgan fingerprint density at radius 2 is 1.50 bits per heavy atom. The maximum Gasteiger partial charge on any atom is 0.282 e. The highest BCUT2D eigenvalue weighted by molar-refractivity contribution is 6.04. The first-order valence-electron chi connectivity index (χ1n) is 6.91. The van der Waals surface area contributed by atoms with Gasteiger partial charge in [-0.1, -0.05) is 54.6 Å². The molecule has 1 N–H and O–H groups in total. The molecule has 1 radical (unpaired) electrons. The van der Waals surface area contributed by atoms with Gasteiger partial charge in [0.1, 0.15) is 0 Å². The molecule has 1 amide bonds. The van der Waals surface area contributed by atoms with E-state index >= 15 is 0 Å². The molecule has 0 atom stereocenters. The summed E-state index contributed by atoms with van der Waals surface area (Å²) >= 11 is 0. The minimum absolute atomic E-state index is 0.381. The third-order valence-electron chi connectivity index (χ3n) is 3.34. The Morgan fingerprint density at radius 1 is 0.864 bits per heavy atom. The first-order chi connectivity index (χ1) is 10.8. The molecule has 3 rings (SSSR count). The summed E-state index contributed by atoms with van der Waals surface area (Å²) in [7, 11) is 0. The zero-order chi connectivity index (χ0) is 15.4. The number of hydroxylamine groups is 1. The number of amides is 1. The van der Waals surface area contributed by atoms with Gasteiger partial charge in [0, 0.05) is 5.56 Å². The van der Waals surface area contributed by atoms with E-state index in [1.165, 1.54) is 0 Å². The van der Waals surface area contributed by atoms with Gasteiger partial charge in [-0.25, -0.2) is 0 Å². The Balaban J connectivity index is 1.82. The molecule has 3 aromatic carbocycles. The molecule has 22 heavy (non-hydrogen) atoms. The fourth-order valence-corrected chi connectivity index (χ4v) is 2.16. The molecule has 0 unspecified atom stereocenters. The number of anilines is 1. The lowest BCUT2D eigenvalue weighted by atomic mass is 10.0. The summed E-state index contributed by atoms with van der Waals surface area (Å²) in [6.07, 6.45) is 0. The van der Waals surface area contributed by atoms with E-state index in [9.17, 15) is 10.0 Å². The van der Waals surface area contributed by atoms with E-state index in [4.69, 9.17) is 0 Å². The molecule has 0 heterocycles. The van der Waals surface area contributed by atoms with Crippen molar-refractivity contribution in [3.63, 3.8) is 0 Å². The molecule has 0 aliphatic carbocycles. The molecular weight excluding hydrogens is 274 g/mol. The third-order valence-corrected chi connectivity index (χ3v) is 3.34. The quantitative estimate of drug-likeness (QED) is 0.580. The molecule has 3 aromatic rings. The summed E-state index contributed by atoms with van der Waals surface area (Å²) < 4.78 is 0. The predicted octanol–water partition coefficient (Wildman–Crippen LogP) is 4.19. The van der Waals surface area contributed by atoms with E-state index in [-0.39, 0.29) is 0 Å². The zero-order valence-electron chi connectivity index (χ0n) is 11.8. The van der Waals surface area contributed by atoms with Gasteiger partial charge in [0.05, 0.1) is 5.69 Å². The van der Waals surface area contributed by atoms with Crippen LogP contribution in [0.2, 0.25) is 0 Å². The molecule has 3 nitrogen and oxygen atoms in total. The van der Waals surface area contributed by atoms with Gasteiger partial charge in [-0.15, -0.1) is 0 Å². The Morgan fingerprint density at radius 3 is 2.09 bits per heavy atom. The second kappa shape index (κ2) is 6.24. The zero-order valence-corrected chi connectivity index (χ0v) is 11.8. The van der Waals surface area contributed by atoms with Crippen LogP contribution in [0.1, 0.15) is 10.4 Å². The summed E-state index contributed by atoms with van der Waals surface area (Å²) in [4.78, 5) is 12.2. The van der Waals surface area contributed by atoms with Crippen LogP contribution >= 0.6 is 0 Å². The average Bonchev–Trinajstić information content (AvgIpc) is 2.62. The van der Waals surface area contributed by atoms with Crippen molar-refractivity contribution < 1.29 is 10.0 Å². The minimum atomic E-state index is -0.484. The summed E-state index contributed by atoms with van der Waals surface area (Å²) in [5, 5.41) is 10.6. The van der Waals surface area contributed by atoms with Crippen LogP contribution in [-0.2, 0) is 0 Å². The van der Waals surface area contributed by atoms with Crippen LogP contribution in [0.3, 0.4) is 0 Å². The summed E-state index contributed by atoms with van der Waals surface area (Å²) in [5.74, 6) is -0.484. The van der Waals surface area contributed by atoms with Crippen LogP contribution in [0.4, 0.5) is 5.69 Å². The van der Waals surface area contributed by atoms with Crippen molar-refractivity contribution in [1.29, 1.82) is 0 Å². The van der Waals surface area contributed by atoms with Crippen molar-refractivity contribution in [2.75, 3.05) is 5.06 Å². The molecule has 0 aliphatic rings. The van der Waals surface area contributed by atoms with Gasteiger partial charge in [0.25, 0.3) is 5.91 Å². The van der Waals surface area contributed by atoms with E-state index in [2.05, 4.69) is 6.07 Å². The van der Waals surface area contributed by atoms with E-state index in [1.54, 1.807) is 36.4 Å². The standard InChI is InChI=1S/C19H14NO2/c21-19(20(22)18-9-5-2-6-10-18)17-13-11-16(12-14-17)15-7-3-1-4-8-15/h1-11,13-14,22H. The Labute approximate surface area is 129 Å². The molecule has 0 bridgehead atoms. The van der Waals surface area contributed by atoms with Crippen molar-refractivity contribution in [1.82, 2.24) is 0 Å². The number of benzene rings is 3. The topological polar surface area (TPSA) is 40.5 Å². The summed E-state index contributed by atoms with van der Waals surface area (Å²) in [5.41, 5.74) is 2.75. The maximum atomic E-state index is 12.2. The van der Waals surface area contributed by atoms with Gasteiger partial charge >= 0.3 is 0 Å². The van der Waals surface area contributed by atoms with E-state index in [1.807, 2.05) is 42.5 Å². The van der Waals surface area contributed by atoms with E-state index < -0.39 is 5.91 Å². The van der Waals surface area contributed by atoms with Crippen molar-refractivity contribution in [2.45, 2.75) is 0 Å². The largest absolute Gasteiger partial charge is 0.282 e. The van der Waals surface area contributed by atoms with Crippen molar-refractivity contribution >= 4 is 11.6 Å². The lowest BCUT2D eigenvalue weighted by Crippen LogP contribution is -2.26. The number of hydrogen-bond donors (Lipinski definition) is 1.